The maximum Gasteiger partial charge on any atom is 0.318 e. The molecule has 0 spiro atoms. The minimum atomic E-state index is -0.643. The Hall–Kier alpha value is -1.50. The lowest BCUT2D eigenvalue weighted by molar-refractivity contribution is 0.712. The second kappa shape index (κ2) is 3.24. The molecule has 2 aromatic rings. The lowest BCUT2D eigenvalue weighted by atomic mass is 10.5. The molecule has 0 amide bonds. The first-order valence-electron chi connectivity index (χ1n) is 4.84. The minimum Gasteiger partial charge on any atom is -0.299 e. The molecule has 0 aromatic carbocycles. The number of fused-ring (bicyclic) bond motifs is 1. The van der Waals surface area contributed by atoms with Gasteiger partial charge >= 0.3 is 11.1 Å². The van der Waals surface area contributed by atoms with E-state index < -0.39 is 11.1 Å². The fourth-order valence-corrected chi connectivity index (χ4v) is 1.92. The zero-order chi connectivity index (χ0) is 11.3. The second-order valence-corrected chi connectivity index (χ2v) is 4.54. The normalized spacial score (nSPS) is 15.6. The summed E-state index contributed by atoms with van der Waals surface area (Å²) in [5.41, 5.74) is -0.417. The van der Waals surface area contributed by atoms with Gasteiger partial charge in [-0.15, -0.1) is 0 Å². The molecule has 6 nitrogen and oxygen atoms in total. The van der Waals surface area contributed by atoms with Crippen LogP contribution in [0.15, 0.2) is 20.4 Å². The van der Waals surface area contributed by atoms with Gasteiger partial charge in [0, 0.05) is 6.04 Å². The predicted octanol–water partition coefficient (Wildman–Crippen LogP) is 0.577. The van der Waals surface area contributed by atoms with E-state index in [4.69, 9.17) is 0 Å². The minimum absolute atomic E-state index is 0.0981. The Morgan fingerprint density at radius 2 is 2.19 bits per heavy atom. The van der Waals surface area contributed by atoms with Gasteiger partial charge in [-0.25, -0.2) is 9.97 Å². The molecule has 0 saturated heterocycles. The number of hydrogen-bond donors (Lipinski definition) is 1. The van der Waals surface area contributed by atoms with E-state index >= 15 is 0 Å². The van der Waals surface area contributed by atoms with Gasteiger partial charge in [0.25, 0.3) is 0 Å². The number of nitrogens with zero attached hydrogens (tertiary/aromatic N) is 3. The molecule has 16 heavy (non-hydrogen) atoms. The molecule has 0 radical (unpaired) electrons. The van der Waals surface area contributed by atoms with Crippen molar-refractivity contribution >= 4 is 27.2 Å². The molecule has 0 bridgehead atoms. The maximum absolute atomic E-state index is 11.7. The number of halogens is 1. The second-order valence-electron chi connectivity index (χ2n) is 3.73. The van der Waals surface area contributed by atoms with Crippen LogP contribution in [0, 0.1) is 0 Å². The zero-order valence-electron chi connectivity index (χ0n) is 8.11. The van der Waals surface area contributed by atoms with Crippen molar-refractivity contribution in [3.05, 3.63) is 31.5 Å². The van der Waals surface area contributed by atoms with Crippen LogP contribution in [0.5, 0.6) is 0 Å². The van der Waals surface area contributed by atoms with Gasteiger partial charge in [-0.3, -0.25) is 19.1 Å². The predicted molar refractivity (Wildman–Crippen MR) is 60.4 cm³/mol. The van der Waals surface area contributed by atoms with E-state index in [1.54, 1.807) is 0 Å². The molecule has 3 rings (SSSR count). The first-order valence-corrected chi connectivity index (χ1v) is 5.63. The standard InChI is InChI=1S/C9H7BrN4O2/c10-5-3-11-6-7(12-5)14(4-1-2-4)9(16)8(15)13-6/h3-4H,1-2H2,(H,11,13,15). The summed E-state index contributed by atoms with van der Waals surface area (Å²) in [7, 11) is 0. The number of hydrogen-bond acceptors (Lipinski definition) is 4. The van der Waals surface area contributed by atoms with E-state index in [9.17, 15) is 9.59 Å². The Kier molecular flexibility index (Phi) is 1.97. The summed E-state index contributed by atoms with van der Waals surface area (Å²) in [6, 6.07) is 0.0981. The molecule has 1 aliphatic rings. The lowest BCUT2D eigenvalue weighted by Crippen LogP contribution is -2.36. The number of nitrogens with one attached hydrogen (secondary N) is 1. The van der Waals surface area contributed by atoms with Crippen LogP contribution in [0.4, 0.5) is 0 Å². The van der Waals surface area contributed by atoms with Gasteiger partial charge in [0.2, 0.25) is 0 Å². The van der Waals surface area contributed by atoms with E-state index in [1.165, 1.54) is 10.8 Å². The summed E-state index contributed by atoms with van der Waals surface area (Å²) >= 11 is 3.20. The smallest absolute Gasteiger partial charge is 0.299 e. The van der Waals surface area contributed by atoms with Gasteiger partial charge in [-0.05, 0) is 28.8 Å². The monoisotopic (exact) mass is 282 g/mol. The van der Waals surface area contributed by atoms with Gasteiger partial charge in [0.1, 0.15) is 4.60 Å². The lowest BCUT2D eigenvalue weighted by Gasteiger charge is -2.06. The first kappa shape index (κ1) is 9.71. The molecule has 1 aliphatic carbocycles. The van der Waals surface area contributed by atoms with E-state index in [1.807, 2.05) is 0 Å². The van der Waals surface area contributed by atoms with Crippen LogP contribution in [-0.4, -0.2) is 19.5 Å². The highest BCUT2D eigenvalue weighted by atomic mass is 79.9. The average Bonchev–Trinajstić information content (AvgIpc) is 3.05. The van der Waals surface area contributed by atoms with Crippen molar-refractivity contribution in [3.63, 3.8) is 0 Å². The number of rotatable bonds is 1. The molecule has 1 saturated carbocycles. The summed E-state index contributed by atoms with van der Waals surface area (Å²) in [6.45, 7) is 0. The Morgan fingerprint density at radius 1 is 1.44 bits per heavy atom. The highest BCUT2D eigenvalue weighted by Crippen LogP contribution is 2.34. The fraction of sp³-hybridized carbons (Fsp3) is 0.333. The molecular formula is C9H7BrN4O2. The molecule has 2 heterocycles. The molecule has 7 heteroatoms. The van der Waals surface area contributed by atoms with E-state index in [2.05, 4.69) is 30.9 Å². The molecule has 82 valence electrons. The van der Waals surface area contributed by atoms with Crippen LogP contribution in [-0.2, 0) is 0 Å². The van der Waals surface area contributed by atoms with Crippen LogP contribution in [0.25, 0.3) is 11.3 Å². The van der Waals surface area contributed by atoms with Crippen LogP contribution in [0.2, 0.25) is 0 Å². The first-order chi connectivity index (χ1) is 7.66. The topological polar surface area (TPSA) is 80.6 Å². The van der Waals surface area contributed by atoms with Gasteiger partial charge in [0.05, 0.1) is 6.20 Å². The van der Waals surface area contributed by atoms with Crippen LogP contribution in [0.1, 0.15) is 18.9 Å². The van der Waals surface area contributed by atoms with Crippen molar-refractivity contribution in [1.82, 2.24) is 19.5 Å². The average molecular weight is 283 g/mol. The summed E-state index contributed by atoms with van der Waals surface area (Å²) in [5, 5.41) is 0. The molecular weight excluding hydrogens is 276 g/mol. The van der Waals surface area contributed by atoms with Crippen molar-refractivity contribution in [1.29, 1.82) is 0 Å². The van der Waals surface area contributed by atoms with E-state index in [0.29, 0.717) is 15.9 Å². The van der Waals surface area contributed by atoms with Gasteiger partial charge in [0.15, 0.2) is 11.3 Å². The van der Waals surface area contributed by atoms with Crippen LogP contribution in [0.3, 0.4) is 0 Å². The van der Waals surface area contributed by atoms with Crippen molar-refractivity contribution in [2.45, 2.75) is 18.9 Å². The van der Waals surface area contributed by atoms with Gasteiger partial charge < -0.3 is 0 Å². The summed E-state index contributed by atoms with van der Waals surface area (Å²) in [4.78, 5) is 33.8. The van der Waals surface area contributed by atoms with Gasteiger partial charge in [-0.1, -0.05) is 0 Å². The van der Waals surface area contributed by atoms with Gasteiger partial charge in [-0.2, -0.15) is 0 Å². The quantitative estimate of drug-likeness (QED) is 0.776. The van der Waals surface area contributed by atoms with Crippen molar-refractivity contribution in [2.75, 3.05) is 0 Å². The maximum atomic E-state index is 11.7. The summed E-state index contributed by atoms with van der Waals surface area (Å²) in [6.07, 6.45) is 3.30. The van der Waals surface area contributed by atoms with E-state index in [0.717, 1.165) is 12.8 Å². The highest BCUT2D eigenvalue weighted by Gasteiger charge is 2.28. The zero-order valence-corrected chi connectivity index (χ0v) is 9.69. The number of aromatic amines is 1. The molecule has 1 fully saturated rings. The largest absolute Gasteiger partial charge is 0.318 e. The number of H-pyrrole nitrogens is 1. The molecule has 2 aromatic heterocycles. The Balaban J connectivity index is 2.50. The molecule has 0 atom stereocenters. The van der Waals surface area contributed by atoms with Crippen molar-refractivity contribution in [2.24, 2.45) is 0 Å². The van der Waals surface area contributed by atoms with Crippen LogP contribution < -0.4 is 11.1 Å². The SMILES string of the molecule is O=c1[nH]c2ncc(Br)nc2n(C2CC2)c1=O. The van der Waals surface area contributed by atoms with E-state index in [-0.39, 0.29) is 6.04 Å². The Morgan fingerprint density at radius 3 is 2.88 bits per heavy atom. The third-order valence-electron chi connectivity index (χ3n) is 2.51. The highest BCUT2D eigenvalue weighted by molar-refractivity contribution is 9.10. The molecule has 0 unspecified atom stereocenters. The fourth-order valence-electron chi connectivity index (χ4n) is 1.65. The van der Waals surface area contributed by atoms with Crippen molar-refractivity contribution in [3.8, 4) is 0 Å². The van der Waals surface area contributed by atoms with Crippen LogP contribution >= 0.6 is 15.9 Å². The molecule has 1 N–H and O–H groups in total. The molecule has 0 aliphatic heterocycles. The van der Waals surface area contributed by atoms with Crippen molar-refractivity contribution < 1.29 is 0 Å². The summed E-state index contributed by atoms with van der Waals surface area (Å²) < 4.78 is 1.98. The number of aromatic nitrogens is 4. The Bertz CT molecular complexity index is 686. The third-order valence-corrected chi connectivity index (χ3v) is 2.89. The Labute approximate surface area is 97.5 Å². The third kappa shape index (κ3) is 1.39. The summed E-state index contributed by atoms with van der Waals surface area (Å²) in [5.74, 6) is 0.